The van der Waals surface area contributed by atoms with Crippen LogP contribution in [0.1, 0.15) is 5.56 Å². The summed E-state index contributed by atoms with van der Waals surface area (Å²) >= 11 is 0. The van der Waals surface area contributed by atoms with Gasteiger partial charge in [-0.3, -0.25) is 0 Å². The maximum absolute atomic E-state index is 12.5. The van der Waals surface area contributed by atoms with E-state index in [1.807, 2.05) is 0 Å². The lowest BCUT2D eigenvalue weighted by molar-refractivity contribution is -0.137. The number of benzene rings is 1. The zero-order chi connectivity index (χ0) is 13.5. The fraction of sp³-hybridized carbons (Fsp3) is 0.0833. The van der Waals surface area contributed by atoms with Crippen LogP contribution in [0.5, 0.6) is 0 Å². The molecule has 0 aliphatic rings. The number of alkyl halides is 3. The Kier molecular flexibility index (Phi) is 2.48. The molecule has 19 heavy (non-hydrogen) atoms. The maximum Gasteiger partial charge on any atom is 0.416 e. The first-order valence-corrected chi connectivity index (χ1v) is 5.37. The van der Waals surface area contributed by atoms with E-state index >= 15 is 0 Å². The number of aromatic nitrogens is 4. The second kappa shape index (κ2) is 4.04. The van der Waals surface area contributed by atoms with Crippen LogP contribution < -0.4 is 0 Å². The van der Waals surface area contributed by atoms with Crippen molar-refractivity contribution >= 4 is 11.2 Å². The number of hydrogen-bond acceptors (Lipinski definition) is 3. The molecule has 0 spiro atoms. The Morgan fingerprint density at radius 2 is 1.68 bits per heavy atom. The molecule has 7 heteroatoms. The van der Waals surface area contributed by atoms with E-state index in [1.54, 1.807) is 0 Å². The van der Waals surface area contributed by atoms with Crippen LogP contribution in [0.25, 0.3) is 22.4 Å². The predicted molar refractivity (Wildman–Crippen MR) is 62.1 cm³/mol. The van der Waals surface area contributed by atoms with Gasteiger partial charge in [-0.05, 0) is 12.1 Å². The molecule has 0 aliphatic carbocycles. The van der Waals surface area contributed by atoms with Crippen molar-refractivity contribution in [3.05, 3.63) is 42.5 Å². The number of imidazole rings is 1. The summed E-state index contributed by atoms with van der Waals surface area (Å²) in [4.78, 5) is 14.9. The van der Waals surface area contributed by atoms with E-state index in [0.29, 0.717) is 22.4 Å². The minimum Gasteiger partial charge on any atom is -0.341 e. The van der Waals surface area contributed by atoms with Gasteiger partial charge in [0.15, 0.2) is 5.65 Å². The fourth-order valence-electron chi connectivity index (χ4n) is 1.80. The minimum absolute atomic E-state index is 0.477. The summed E-state index contributed by atoms with van der Waals surface area (Å²) in [6.45, 7) is 0. The Morgan fingerprint density at radius 1 is 0.947 bits per heavy atom. The zero-order valence-corrected chi connectivity index (χ0v) is 9.44. The number of halogens is 3. The number of H-pyrrole nitrogens is 1. The first kappa shape index (κ1) is 11.6. The van der Waals surface area contributed by atoms with Crippen molar-refractivity contribution in [1.82, 2.24) is 19.9 Å². The van der Waals surface area contributed by atoms with Crippen LogP contribution in [0.4, 0.5) is 13.2 Å². The Bertz CT molecular complexity index is 716. The van der Waals surface area contributed by atoms with Crippen LogP contribution in [-0.4, -0.2) is 19.9 Å². The molecule has 96 valence electrons. The first-order valence-electron chi connectivity index (χ1n) is 5.37. The van der Waals surface area contributed by atoms with E-state index in [4.69, 9.17) is 0 Å². The SMILES string of the molecule is FC(F)(F)c1ccc(-c2ncnc3nc[nH]c23)cc1. The molecule has 0 bridgehead atoms. The standard InChI is InChI=1S/C12H7F3N4/c13-12(14,15)8-3-1-7(2-4-8)9-10-11(18-5-16-9)19-6-17-10/h1-6H,(H,16,17,18,19). The predicted octanol–water partition coefficient (Wildman–Crippen LogP) is 3.04. The van der Waals surface area contributed by atoms with E-state index < -0.39 is 11.7 Å². The zero-order valence-electron chi connectivity index (χ0n) is 9.44. The summed E-state index contributed by atoms with van der Waals surface area (Å²) < 4.78 is 37.5. The highest BCUT2D eigenvalue weighted by atomic mass is 19.4. The molecular formula is C12H7F3N4. The molecule has 2 heterocycles. The monoisotopic (exact) mass is 264 g/mol. The number of rotatable bonds is 1. The van der Waals surface area contributed by atoms with Gasteiger partial charge in [0.2, 0.25) is 0 Å². The smallest absolute Gasteiger partial charge is 0.341 e. The van der Waals surface area contributed by atoms with Crippen molar-refractivity contribution in [2.24, 2.45) is 0 Å². The molecule has 0 fully saturated rings. The van der Waals surface area contributed by atoms with E-state index in [0.717, 1.165) is 12.1 Å². The van der Waals surface area contributed by atoms with Gasteiger partial charge in [0.05, 0.1) is 17.6 Å². The molecule has 2 aromatic heterocycles. The second-order valence-corrected chi connectivity index (χ2v) is 3.90. The van der Waals surface area contributed by atoms with Crippen molar-refractivity contribution in [2.45, 2.75) is 6.18 Å². The average molecular weight is 264 g/mol. The molecule has 4 nitrogen and oxygen atoms in total. The van der Waals surface area contributed by atoms with E-state index in [1.165, 1.54) is 24.8 Å². The van der Waals surface area contributed by atoms with Gasteiger partial charge in [-0.15, -0.1) is 0 Å². The average Bonchev–Trinajstić information content (AvgIpc) is 2.86. The Morgan fingerprint density at radius 3 is 2.37 bits per heavy atom. The van der Waals surface area contributed by atoms with Gasteiger partial charge < -0.3 is 4.98 Å². The van der Waals surface area contributed by atoms with Crippen LogP contribution >= 0.6 is 0 Å². The first-order chi connectivity index (χ1) is 9.05. The van der Waals surface area contributed by atoms with Gasteiger partial charge in [-0.2, -0.15) is 13.2 Å². The molecule has 0 saturated heterocycles. The lowest BCUT2D eigenvalue weighted by Gasteiger charge is -2.07. The van der Waals surface area contributed by atoms with Gasteiger partial charge >= 0.3 is 6.18 Å². The van der Waals surface area contributed by atoms with Crippen LogP contribution in [0.15, 0.2) is 36.9 Å². The molecule has 1 aromatic carbocycles. The molecule has 0 amide bonds. The summed E-state index contributed by atoms with van der Waals surface area (Å²) in [5.74, 6) is 0. The molecule has 0 atom stereocenters. The Balaban J connectivity index is 2.10. The highest BCUT2D eigenvalue weighted by Gasteiger charge is 2.30. The van der Waals surface area contributed by atoms with Gasteiger partial charge in [0.1, 0.15) is 11.8 Å². The quantitative estimate of drug-likeness (QED) is 0.735. The van der Waals surface area contributed by atoms with Crippen LogP contribution in [0.3, 0.4) is 0 Å². The van der Waals surface area contributed by atoms with Crippen molar-refractivity contribution in [3.63, 3.8) is 0 Å². The largest absolute Gasteiger partial charge is 0.416 e. The van der Waals surface area contributed by atoms with Crippen LogP contribution in [-0.2, 0) is 6.18 Å². The summed E-state index contributed by atoms with van der Waals surface area (Å²) in [6, 6.07) is 4.82. The third-order valence-electron chi connectivity index (χ3n) is 2.71. The fourth-order valence-corrected chi connectivity index (χ4v) is 1.80. The van der Waals surface area contributed by atoms with Crippen molar-refractivity contribution in [2.75, 3.05) is 0 Å². The molecule has 0 saturated carbocycles. The summed E-state index contributed by atoms with van der Waals surface area (Å²) in [5.41, 5.74) is 1.49. The number of fused-ring (bicyclic) bond motifs is 1. The number of hydrogen-bond donors (Lipinski definition) is 1. The summed E-state index contributed by atoms with van der Waals surface area (Å²) in [5, 5.41) is 0. The van der Waals surface area contributed by atoms with E-state index in [9.17, 15) is 13.2 Å². The number of nitrogens with one attached hydrogen (secondary N) is 1. The summed E-state index contributed by atoms with van der Waals surface area (Å²) in [6.07, 6.45) is -1.55. The highest BCUT2D eigenvalue weighted by molar-refractivity contribution is 5.86. The molecule has 0 aliphatic heterocycles. The highest BCUT2D eigenvalue weighted by Crippen LogP contribution is 2.31. The summed E-state index contributed by atoms with van der Waals surface area (Å²) in [7, 11) is 0. The molecular weight excluding hydrogens is 257 g/mol. The van der Waals surface area contributed by atoms with E-state index in [-0.39, 0.29) is 0 Å². The third-order valence-corrected chi connectivity index (χ3v) is 2.71. The molecule has 0 radical (unpaired) electrons. The van der Waals surface area contributed by atoms with Gasteiger partial charge in [-0.1, -0.05) is 12.1 Å². The molecule has 3 aromatic rings. The molecule has 0 unspecified atom stereocenters. The van der Waals surface area contributed by atoms with E-state index in [2.05, 4.69) is 19.9 Å². The van der Waals surface area contributed by atoms with Crippen molar-refractivity contribution < 1.29 is 13.2 Å². The normalized spacial score (nSPS) is 11.9. The van der Waals surface area contributed by atoms with Crippen LogP contribution in [0.2, 0.25) is 0 Å². The Labute approximate surface area is 105 Å². The minimum atomic E-state index is -4.34. The molecule has 3 rings (SSSR count). The van der Waals surface area contributed by atoms with Crippen molar-refractivity contribution in [1.29, 1.82) is 0 Å². The topological polar surface area (TPSA) is 54.5 Å². The third kappa shape index (κ3) is 2.03. The van der Waals surface area contributed by atoms with Gasteiger partial charge in [-0.25, -0.2) is 15.0 Å². The maximum atomic E-state index is 12.5. The number of nitrogens with zero attached hydrogens (tertiary/aromatic N) is 3. The number of aromatic amines is 1. The van der Waals surface area contributed by atoms with Gasteiger partial charge in [0, 0.05) is 5.56 Å². The second-order valence-electron chi connectivity index (χ2n) is 3.90. The van der Waals surface area contributed by atoms with Crippen LogP contribution in [0, 0.1) is 0 Å². The van der Waals surface area contributed by atoms with Crippen molar-refractivity contribution in [3.8, 4) is 11.3 Å². The molecule has 1 N–H and O–H groups in total. The lowest BCUT2D eigenvalue weighted by atomic mass is 10.1. The lowest BCUT2D eigenvalue weighted by Crippen LogP contribution is -2.04. The Hall–Kier alpha value is -2.44. The van der Waals surface area contributed by atoms with Gasteiger partial charge in [0.25, 0.3) is 0 Å².